The molecule has 0 radical (unpaired) electrons. The van der Waals surface area contributed by atoms with Crippen molar-refractivity contribution >= 4 is 11.9 Å². The monoisotopic (exact) mass is 477 g/mol. The van der Waals surface area contributed by atoms with E-state index in [0.717, 1.165) is 32.1 Å². The molecule has 0 aromatic rings. The Hall–Kier alpha value is -1.14. The lowest BCUT2D eigenvalue weighted by molar-refractivity contribution is -0.174. The average Bonchev–Trinajstić information content (AvgIpc) is 3.14. The minimum atomic E-state index is -0.872. The van der Waals surface area contributed by atoms with Crippen LogP contribution in [0.3, 0.4) is 0 Å². The number of amides is 1. The number of nitrogens with zero attached hydrogens (tertiary/aromatic N) is 1. The molecule has 0 unspecified atom stereocenters. The first-order valence-electron chi connectivity index (χ1n) is 13.8. The number of carbonyl (C=O) groups excluding carboxylic acids is 1. The van der Waals surface area contributed by atoms with Gasteiger partial charge in [-0.2, -0.15) is 0 Å². The van der Waals surface area contributed by atoms with Gasteiger partial charge in [-0.15, -0.1) is 0 Å². The number of hydrogen-bond acceptors (Lipinski definition) is 4. The first-order valence-corrected chi connectivity index (χ1v) is 13.8. The van der Waals surface area contributed by atoms with Crippen molar-refractivity contribution in [1.29, 1.82) is 0 Å². The Balaban J connectivity index is 1.41. The summed E-state index contributed by atoms with van der Waals surface area (Å²) in [5.41, 5.74) is 0.471. The van der Waals surface area contributed by atoms with Crippen LogP contribution in [-0.4, -0.2) is 57.9 Å². The lowest BCUT2D eigenvalue weighted by Crippen LogP contribution is -2.58. The van der Waals surface area contributed by atoms with Crippen LogP contribution < -0.4 is 0 Å². The van der Waals surface area contributed by atoms with Gasteiger partial charge in [0.25, 0.3) is 0 Å². The van der Waals surface area contributed by atoms with E-state index < -0.39 is 5.97 Å². The molecule has 194 valence electrons. The molecule has 10 atom stereocenters. The highest BCUT2D eigenvalue weighted by Crippen LogP contribution is 2.68. The summed E-state index contributed by atoms with van der Waals surface area (Å²) in [6.45, 7) is 7.49. The van der Waals surface area contributed by atoms with Gasteiger partial charge in [-0.3, -0.25) is 9.59 Å². The van der Waals surface area contributed by atoms with Crippen molar-refractivity contribution in [3.8, 4) is 0 Å². The zero-order chi connectivity index (χ0) is 24.8. The molecule has 4 fully saturated rings. The molecule has 6 heteroatoms. The Labute approximate surface area is 205 Å². The number of aliphatic hydroxyl groups is 2. The third kappa shape index (κ3) is 4.54. The third-order valence-electron chi connectivity index (χ3n) is 11.3. The molecule has 1 amide bonds. The van der Waals surface area contributed by atoms with Gasteiger partial charge in [-0.05, 0) is 104 Å². The van der Waals surface area contributed by atoms with Crippen LogP contribution in [0.15, 0.2) is 0 Å². The highest BCUT2D eigenvalue weighted by molar-refractivity contribution is 5.76. The molecule has 0 aliphatic heterocycles. The zero-order valence-corrected chi connectivity index (χ0v) is 21.7. The van der Waals surface area contributed by atoms with Gasteiger partial charge in [0.15, 0.2) is 0 Å². The lowest BCUT2D eigenvalue weighted by atomic mass is 9.43. The van der Waals surface area contributed by atoms with Crippen molar-refractivity contribution in [2.24, 2.45) is 46.3 Å². The van der Waals surface area contributed by atoms with Gasteiger partial charge in [0, 0.05) is 20.0 Å². The molecule has 6 nitrogen and oxygen atoms in total. The molecule has 0 saturated heterocycles. The number of carboxylic acid groups (broad SMARTS) is 1. The van der Waals surface area contributed by atoms with E-state index in [-0.39, 0.29) is 41.9 Å². The number of carboxylic acids is 1. The maximum atomic E-state index is 12.5. The minimum Gasteiger partial charge on any atom is -0.481 e. The zero-order valence-electron chi connectivity index (χ0n) is 21.7. The Morgan fingerprint density at radius 1 is 0.971 bits per heavy atom. The van der Waals surface area contributed by atoms with Gasteiger partial charge >= 0.3 is 5.97 Å². The Bertz CT molecular complexity index is 772. The summed E-state index contributed by atoms with van der Waals surface area (Å²) in [5.74, 6) is 2.10. The summed E-state index contributed by atoms with van der Waals surface area (Å²) in [4.78, 5) is 24.9. The van der Waals surface area contributed by atoms with E-state index in [0.29, 0.717) is 41.9 Å². The molecular weight excluding hydrogens is 430 g/mol. The van der Waals surface area contributed by atoms with E-state index in [1.54, 1.807) is 11.9 Å². The number of rotatable bonds is 7. The second-order valence-electron chi connectivity index (χ2n) is 12.9. The SMILES string of the molecule is C[C@H](CCC(=O)N(C)CCC(=O)O)[C@H]1CC[C@H]2[C@@H]3[C@@H](O)C[C@@H]4C[C@H](O)CC[C@]4(C)[C@H]3CC[C@]12C. The molecule has 4 aliphatic carbocycles. The van der Waals surface area contributed by atoms with Crippen LogP contribution in [0, 0.1) is 46.3 Å². The van der Waals surface area contributed by atoms with Crippen LogP contribution in [0.2, 0.25) is 0 Å². The Morgan fingerprint density at radius 3 is 2.35 bits per heavy atom. The molecule has 0 heterocycles. The van der Waals surface area contributed by atoms with Crippen LogP contribution in [0.1, 0.15) is 91.4 Å². The van der Waals surface area contributed by atoms with Crippen molar-refractivity contribution in [2.45, 2.75) is 104 Å². The van der Waals surface area contributed by atoms with Crippen LogP contribution in [0.25, 0.3) is 0 Å². The maximum Gasteiger partial charge on any atom is 0.305 e. The normalized spacial score (nSPS) is 44.5. The third-order valence-corrected chi connectivity index (χ3v) is 11.3. The van der Waals surface area contributed by atoms with Crippen LogP contribution in [0.4, 0.5) is 0 Å². The standard InChI is InChI=1S/C28H47NO5/c1-17(5-8-24(32)29(4)14-11-25(33)34)20-6-7-21-26-22(10-13-28(20,21)3)27(2)12-9-19(30)15-18(27)16-23(26)31/h17-23,26,30-31H,5-16H2,1-4H3,(H,33,34)/t17-,18+,19-,20-,21+,22+,23+,26+,27+,28-/m1/s1. The van der Waals surface area contributed by atoms with Crippen molar-refractivity contribution in [3.63, 3.8) is 0 Å². The summed E-state index contributed by atoms with van der Waals surface area (Å²) in [6, 6.07) is 0. The molecule has 0 bridgehead atoms. The van der Waals surface area contributed by atoms with E-state index in [2.05, 4.69) is 20.8 Å². The molecule has 4 aliphatic rings. The van der Waals surface area contributed by atoms with E-state index in [9.17, 15) is 19.8 Å². The maximum absolute atomic E-state index is 12.5. The van der Waals surface area contributed by atoms with Gasteiger partial charge < -0.3 is 20.2 Å². The van der Waals surface area contributed by atoms with Crippen LogP contribution in [-0.2, 0) is 9.59 Å². The van der Waals surface area contributed by atoms with Gasteiger partial charge in [0.1, 0.15) is 0 Å². The summed E-state index contributed by atoms with van der Waals surface area (Å²) in [6.07, 6.45) is 9.31. The Kier molecular flexibility index (Phi) is 7.42. The van der Waals surface area contributed by atoms with Crippen molar-refractivity contribution in [3.05, 3.63) is 0 Å². The number of hydrogen-bond donors (Lipinski definition) is 3. The number of carbonyl (C=O) groups is 2. The summed E-state index contributed by atoms with van der Waals surface area (Å²) in [5, 5.41) is 30.5. The smallest absolute Gasteiger partial charge is 0.305 e. The quantitative estimate of drug-likeness (QED) is 0.507. The largest absolute Gasteiger partial charge is 0.481 e. The minimum absolute atomic E-state index is 0.0101. The van der Waals surface area contributed by atoms with E-state index >= 15 is 0 Å². The molecule has 0 spiro atoms. The van der Waals surface area contributed by atoms with Gasteiger partial charge in [-0.1, -0.05) is 20.8 Å². The molecule has 34 heavy (non-hydrogen) atoms. The van der Waals surface area contributed by atoms with Gasteiger partial charge in [0.2, 0.25) is 5.91 Å². The van der Waals surface area contributed by atoms with Gasteiger partial charge in [0.05, 0.1) is 18.6 Å². The van der Waals surface area contributed by atoms with Crippen molar-refractivity contribution in [2.75, 3.05) is 13.6 Å². The number of fused-ring (bicyclic) bond motifs is 5. The highest BCUT2D eigenvalue weighted by atomic mass is 16.4. The molecule has 4 saturated carbocycles. The van der Waals surface area contributed by atoms with Crippen molar-refractivity contribution in [1.82, 2.24) is 4.90 Å². The predicted molar refractivity (Wildman–Crippen MR) is 131 cm³/mol. The summed E-state index contributed by atoms with van der Waals surface area (Å²) >= 11 is 0. The first-order chi connectivity index (χ1) is 16.0. The summed E-state index contributed by atoms with van der Waals surface area (Å²) in [7, 11) is 1.70. The molecule has 0 aromatic carbocycles. The van der Waals surface area contributed by atoms with E-state index in [1.165, 1.54) is 25.7 Å². The fourth-order valence-corrected chi connectivity index (χ4v) is 9.31. The molecule has 3 N–H and O–H groups in total. The van der Waals surface area contributed by atoms with Crippen LogP contribution in [0.5, 0.6) is 0 Å². The first kappa shape index (κ1) is 25.9. The predicted octanol–water partition coefficient (Wildman–Crippen LogP) is 4.33. The van der Waals surface area contributed by atoms with Gasteiger partial charge in [-0.25, -0.2) is 0 Å². The average molecular weight is 478 g/mol. The number of aliphatic carboxylic acids is 1. The fraction of sp³-hybridized carbons (Fsp3) is 0.929. The Morgan fingerprint density at radius 2 is 1.65 bits per heavy atom. The second-order valence-corrected chi connectivity index (χ2v) is 12.9. The highest BCUT2D eigenvalue weighted by Gasteiger charge is 2.62. The van der Waals surface area contributed by atoms with Crippen molar-refractivity contribution < 1.29 is 24.9 Å². The summed E-state index contributed by atoms with van der Waals surface area (Å²) < 4.78 is 0. The van der Waals surface area contributed by atoms with E-state index in [4.69, 9.17) is 5.11 Å². The van der Waals surface area contributed by atoms with E-state index in [1.807, 2.05) is 0 Å². The second kappa shape index (κ2) is 9.72. The topological polar surface area (TPSA) is 98.1 Å². The molecule has 0 aromatic heterocycles. The molecular formula is C28H47NO5. The fourth-order valence-electron chi connectivity index (χ4n) is 9.31. The number of aliphatic hydroxyl groups excluding tert-OH is 2. The molecule has 4 rings (SSSR count). The van der Waals surface area contributed by atoms with Crippen LogP contribution >= 0.6 is 0 Å². The lowest BCUT2D eigenvalue weighted by Gasteiger charge is -2.62.